The molecular weight excluding hydrogens is 304 g/mol. The predicted octanol–water partition coefficient (Wildman–Crippen LogP) is 4.50. The molecule has 120 valence electrons. The first kappa shape index (κ1) is 15.6. The summed E-state index contributed by atoms with van der Waals surface area (Å²) >= 11 is 0. The number of anilines is 2. The third-order valence-corrected chi connectivity index (χ3v) is 3.54. The zero-order valence-corrected chi connectivity index (χ0v) is 13.1. The molecule has 0 aliphatic heterocycles. The first-order valence-electron chi connectivity index (χ1n) is 7.39. The van der Waals surface area contributed by atoms with Crippen molar-refractivity contribution >= 4 is 29.4 Å². The monoisotopic (exact) mass is 320 g/mol. The fourth-order valence-corrected chi connectivity index (χ4v) is 2.20. The average Bonchev–Trinajstić information content (AvgIpc) is 3.09. The minimum absolute atomic E-state index is 0.235. The maximum absolute atomic E-state index is 10.8. The van der Waals surface area contributed by atoms with Gasteiger partial charge in [-0.3, -0.25) is 4.99 Å². The van der Waals surface area contributed by atoms with E-state index in [9.17, 15) is 4.79 Å². The zero-order chi connectivity index (χ0) is 16.9. The number of rotatable bonds is 5. The van der Waals surface area contributed by atoms with Gasteiger partial charge in [0.25, 0.3) is 0 Å². The summed E-state index contributed by atoms with van der Waals surface area (Å²) in [5.74, 6) is 0.379. The van der Waals surface area contributed by atoms with Gasteiger partial charge in [-0.15, -0.1) is 0 Å². The summed E-state index contributed by atoms with van der Waals surface area (Å²) in [7, 11) is 1.93. The molecule has 0 bridgehead atoms. The van der Waals surface area contributed by atoms with Crippen molar-refractivity contribution in [1.82, 2.24) is 0 Å². The molecule has 3 aromatic rings. The molecule has 0 amide bonds. The Balaban J connectivity index is 1.72. The lowest BCUT2D eigenvalue weighted by Crippen LogP contribution is -2.07. The molecule has 0 aliphatic carbocycles. The highest BCUT2D eigenvalue weighted by Crippen LogP contribution is 2.25. The van der Waals surface area contributed by atoms with E-state index in [1.54, 1.807) is 18.3 Å². The van der Waals surface area contributed by atoms with E-state index in [0.29, 0.717) is 17.3 Å². The summed E-state index contributed by atoms with van der Waals surface area (Å²) in [6.07, 6.45) is 1.61. The van der Waals surface area contributed by atoms with Gasteiger partial charge in [-0.2, -0.15) is 0 Å². The van der Waals surface area contributed by atoms with Crippen molar-refractivity contribution in [3.05, 3.63) is 78.1 Å². The Bertz CT molecular complexity index is 852. The van der Waals surface area contributed by atoms with Crippen molar-refractivity contribution in [1.29, 1.82) is 0 Å². The molecule has 0 spiro atoms. The molecule has 0 unspecified atom stereocenters. The fourth-order valence-electron chi connectivity index (χ4n) is 2.20. The molecule has 1 heterocycles. The highest BCUT2D eigenvalue weighted by atomic mass is 16.4. The van der Waals surface area contributed by atoms with Crippen LogP contribution in [0.3, 0.4) is 0 Å². The normalized spacial score (nSPS) is 10.9. The average molecular weight is 320 g/mol. The van der Waals surface area contributed by atoms with Crippen LogP contribution in [-0.4, -0.2) is 24.3 Å². The van der Waals surface area contributed by atoms with Gasteiger partial charge in [0.2, 0.25) is 0 Å². The molecule has 0 fully saturated rings. The summed E-state index contributed by atoms with van der Waals surface area (Å²) in [5, 5.41) is 8.87. The van der Waals surface area contributed by atoms with Gasteiger partial charge in [-0.1, -0.05) is 18.2 Å². The van der Waals surface area contributed by atoms with E-state index in [0.717, 1.165) is 5.69 Å². The van der Waals surface area contributed by atoms with Crippen molar-refractivity contribution in [2.24, 2.45) is 4.99 Å². The van der Waals surface area contributed by atoms with Crippen LogP contribution < -0.4 is 4.90 Å². The number of nitrogens with zero attached hydrogens (tertiary/aromatic N) is 2. The Labute approximate surface area is 139 Å². The van der Waals surface area contributed by atoms with E-state index in [4.69, 9.17) is 9.52 Å². The number of hydrogen-bond acceptors (Lipinski definition) is 4. The van der Waals surface area contributed by atoms with Crippen LogP contribution in [0, 0.1) is 0 Å². The van der Waals surface area contributed by atoms with Crippen LogP contribution in [0.25, 0.3) is 0 Å². The van der Waals surface area contributed by atoms with E-state index in [-0.39, 0.29) is 5.56 Å². The molecule has 24 heavy (non-hydrogen) atoms. The van der Waals surface area contributed by atoms with Gasteiger partial charge >= 0.3 is 5.97 Å². The minimum atomic E-state index is -0.954. The molecule has 5 nitrogen and oxygen atoms in total. The maximum atomic E-state index is 10.8. The van der Waals surface area contributed by atoms with Crippen LogP contribution in [0.4, 0.5) is 17.3 Å². The number of furan rings is 1. The van der Waals surface area contributed by atoms with Crippen molar-refractivity contribution in [2.45, 2.75) is 0 Å². The number of para-hydroxylation sites is 1. The third kappa shape index (κ3) is 3.52. The van der Waals surface area contributed by atoms with Crippen molar-refractivity contribution in [3.8, 4) is 0 Å². The van der Waals surface area contributed by atoms with Crippen LogP contribution >= 0.6 is 0 Å². The van der Waals surface area contributed by atoms with Crippen LogP contribution in [-0.2, 0) is 0 Å². The smallest absolute Gasteiger partial charge is 0.335 e. The van der Waals surface area contributed by atoms with Gasteiger partial charge in [0.05, 0.1) is 17.5 Å². The fraction of sp³-hybridized carbons (Fsp3) is 0.0526. The minimum Gasteiger partial charge on any atom is -0.478 e. The van der Waals surface area contributed by atoms with Gasteiger partial charge in [0.1, 0.15) is 5.76 Å². The molecule has 0 saturated carbocycles. The molecule has 1 N–H and O–H groups in total. The molecule has 0 saturated heterocycles. The molecule has 0 radical (unpaired) electrons. The quantitative estimate of drug-likeness (QED) is 0.703. The third-order valence-electron chi connectivity index (χ3n) is 3.54. The summed E-state index contributed by atoms with van der Waals surface area (Å²) in [5.41, 5.74) is 1.92. The summed E-state index contributed by atoms with van der Waals surface area (Å²) < 4.78 is 5.77. The SMILES string of the molecule is CN(c1ccccc1)c1ccc(C=Nc2ccc(C(=O)O)cc2)o1. The number of carboxylic acid groups (broad SMARTS) is 1. The maximum Gasteiger partial charge on any atom is 0.335 e. The highest BCUT2D eigenvalue weighted by Gasteiger charge is 2.07. The molecular formula is C19H16N2O3. The van der Waals surface area contributed by atoms with Crippen molar-refractivity contribution in [3.63, 3.8) is 0 Å². The molecule has 3 rings (SSSR count). The second kappa shape index (κ2) is 6.83. The standard InChI is InChI=1S/C19H16N2O3/c1-21(16-5-3-2-4-6-16)18-12-11-17(24-18)13-20-15-9-7-14(8-10-15)19(22)23/h2-13H,1H3,(H,22,23). The largest absolute Gasteiger partial charge is 0.478 e. The van der Waals surface area contributed by atoms with Crippen molar-refractivity contribution in [2.75, 3.05) is 11.9 Å². The van der Waals surface area contributed by atoms with E-state index >= 15 is 0 Å². The summed E-state index contributed by atoms with van der Waals surface area (Å²) in [4.78, 5) is 17.1. The number of carboxylic acids is 1. The molecule has 1 aromatic heterocycles. The Morgan fingerprint density at radius 2 is 1.75 bits per heavy atom. The lowest BCUT2D eigenvalue weighted by Gasteiger charge is -2.15. The van der Waals surface area contributed by atoms with Gasteiger partial charge in [0.15, 0.2) is 5.88 Å². The summed E-state index contributed by atoms with van der Waals surface area (Å²) in [6, 6.07) is 20.0. The lowest BCUT2D eigenvalue weighted by molar-refractivity contribution is 0.0697. The van der Waals surface area contributed by atoms with Gasteiger partial charge < -0.3 is 14.4 Å². The topological polar surface area (TPSA) is 66.0 Å². The van der Waals surface area contributed by atoms with E-state index < -0.39 is 5.97 Å². The van der Waals surface area contributed by atoms with Crippen LogP contribution in [0.2, 0.25) is 0 Å². The Hall–Kier alpha value is -3.34. The predicted molar refractivity (Wildman–Crippen MR) is 93.9 cm³/mol. The second-order valence-corrected chi connectivity index (χ2v) is 5.18. The van der Waals surface area contributed by atoms with Crippen LogP contribution in [0.5, 0.6) is 0 Å². The van der Waals surface area contributed by atoms with Crippen LogP contribution in [0.15, 0.2) is 76.1 Å². The lowest BCUT2D eigenvalue weighted by atomic mass is 10.2. The van der Waals surface area contributed by atoms with E-state index in [1.165, 1.54) is 12.1 Å². The number of aromatic carboxylic acids is 1. The first-order valence-corrected chi connectivity index (χ1v) is 7.39. The number of benzene rings is 2. The Kier molecular flexibility index (Phi) is 4.43. The Morgan fingerprint density at radius 1 is 1.04 bits per heavy atom. The number of carbonyl (C=O) groups is 1. The first-order chi connectivity index (χ1) is 11.6. The van der Waals surface area contributed by atoms with Gasteiger partial charge in [0, 0.05) is 18.8 Å². The highest BCUT2D eigenvalue weighted by molar-refractivity contribution is 5.88. The van der Waals surface area contributed by atoms with E-state index in [1.807, 2.05) is 54.4 Å². The number of hydrogen-bond donors (Lipinski definition) is 1. The van der Waals surface area contributed by atoms with Gasteiger partial charge in [-0.25, -0.2) is 4.79 Å². The molecule has 5 heteroatoms. The second-order valence-electron chi connectivity index (χ2n) is 5.18. The molecule has 2 aromatic carbocycles. The van der Waals surface area contributed by atoms with E-state index in [2.05, 4.69) is 4.99 Å². The molecule has 0 atom stereocenters. The van der Waals surface area contributed by atoms with Gasteiger partial charge in [-0.05, 0) is 42.5 Å². The molecule has 0 aliphatic rings. The van der Waals surface area contributed by atoms with Crippen molar-refractivity contribution < 1.29 is 14.3 Å². The van der Waals surface area contributed by atoms with Crippen LogP contribution in [0.1, 0.15) is 16.1 Å². The Morgan fingerprint density at radius 3 is 2.42 bits per heavy atom. The number of aliphatic imine (C=N–C) groups is 1. The summed E-state index contributed by atoms with van der Waals surface area (Å²) in [6.45, 7) is 0. The zero-order valence-electron chi connectivity index (χ0n) is 13.1.